The van der Waals surface area contributed by atoms with Crippen LogP contribution in [-0.2, 0) is 16.0 Å². The minimum Gasteiger partial charge on any atom is -0.382 e. The standard InChI is InChI=1S/C24H25N7O2/c1-14-13-33-21(20(32)9-15-5-3-2-4-6-15)12-31(14)22-11-18(27-24(26)28-22)16-7-8-17-19(10-16)29-30-23(17)25/h2-8,10-11,14,21H,9,12-13H2,1H3,(H3,25,29,30)(H2,26,27,28)/t14-,21+/m1/s1. The summed E-state index contributed by atoms with van der Waals surface area (Å²) in [4.78, 5) is 23.9. The Labute approximate surface area is 190 Å². The van der Waals surface area contributed by atoms with E-state index in [9.17, 15) is 4.79 Å². The quantitative estimate of drug-likeness (QED) is 0.428. The predicted octanol–water partition coefficient (Wildman–Crippen LogP) is 2.59. The molecule has 3 heterocycles. The van der Waals surface area contributed by atoms with Gasteiger partial charge in [-0.05, 0) is 24.6 Å². The van der Waals surface area contributed by atoms with Gasteiger partial charge in [0.05, 0.1) is 30.4 Å². The Hall–Kier alpha value is -3.98. The molecule has 2 atom stereocenters. The Bertz CT molecular complexity index is 1300. The van der Waals surface area contributed by atoms with Gasteiger partial charge in [-0.15, -0.1) is 0 Å². The Kier molecular flexibility index (Phi) is 5.39. The highest BCUT2D eigenvalue weighted by molar-refractivity contribution is 5.91. The third-order valence-electron chi connectivity index (χ3n) is 5.93. The zero-order chi connectivity index (χ0) is 22.9. The number of nitrogens with two attached hydrogens (primary N) is 2. The van der Waals surface area contributed by atoms with Gasteiger partial charge in [-0.2, -0.15) is 10.1 Å². The lowest BCUT2D eigenvalue weighted by Crippen LogP contribution is -2.51. The molecule has 1 saturated heterocycles. The monoisotopic (exact) mass is 443 g/mol. The minimum absolute atomic E-state index is 0.0304. The summed E-state index contributed by atoms with van der Waals surface area (Å²) in [6.07, 6.45) is -0.205. The first-order valence-electron chi connectivity index (χ1n) is 10.8. The van der Waals surface area contributed by atoms with Crippen LogP contribution in [0.2, 0.25) is 0 Å². The molecular formula is C24H25N7O2. The van der Waals surface area contributed by atoms with Gasteiger partial charge in [0.25, 0.3) is 0 Å². The number of rotatable bonds is 5. The average molecular weight is 444 g/mol. The number of nitrogen functional groups attached to an aromatic ring is 2. The first-order chi connectivity index (χ1) is 16.0. The zero-order valence-electron chi connectivity index (χ0n) is 18.2. The number of ether oxygens (including phenoxy) is 1. The van der Waals surface area contributed by atoms with Crippen LogP contribution < -0.4 is 16.4 Å². The third-order valence-corrected chi connectivity index (χ3v) is 5.93. The number of fused-ring (bicyclic) bond motifs is 1. The number of hydrogen-bond acceptors (Lipinski definition) is 8. The zero-order valence-corrected chi connectivity index (χ0v) is 18.2. The second kappa shape index (κ2) is 8.51. The summed E-state index contributed by atoms with van der Waals surface area (Å²) in [6.45, 7) is 2.86. The molecular weight excluding hydrogens is 418 g/mol. The van der Waals surface area contributed by atoms with E-state index < -0.39 is 6.10 Å². The van der Waals surface area contributed by atoms with E-state index >= 15 is 0 Å². The fourth-order valence-corrected chi connectivity index (χ4v) is 4.13. The number of ketones is 1. The Morgan fingerprint density at radius 3 is 2.79 bits per heavy atom. The highest BCUT2D eigenvalue weighted by atomic mass is 16.5. The molecule has 0 aliphatic carbocycles. The highest BCUT2D eigenvalue weighted by Crippen LogP contribution is 2.29. The number of benzene rings is 2. The van der Waals surface area contributed by atoms with Gasteiger partial charge >= 0.3 is 0 Å². The van der Waals surface area contributed by atoms with E-state index in [-0.39, 0.29) is 17.8 Å². The van der Waals surface area contributed by atoms with Crippen LogP contribution in [0.15, 0.2) is 54.6 Å². The van der Waals surface area contributed by atoms with Crippen LogP contribution in [0.3, 0.4) is 0 Å². The minimum atomic E-state index is -0.537. The summed E-state index contributed by atoms with van der Waals surface area (Å²) in [6, 6.07) is 17.4. The van der Waals surface area contributed by atoms with Crippen molar-refractivity contribution in [3.63, 3.8) is 0 Å². The molecule has 33 heavy (non-hydrogen) atoms. The van der Waals surface area contributed by atoms with Crippen molar-refractivity contribution in [2.24, 2.45) is 0 Å². The topological polar surface area (TPSA) is 136 Å². The van der Waals surface area contributed by atoms with Gasteiger partial charge in [-0.1, -0.05) is 36.4 Å². The van der Waals surface area contributed by atoms with Gasteiger partial charge in [0.2, 0.25) is 5.95 Å². The maximum atomic E-state index is 12.9. The van der Waals surface area contributed by atoms with Crippen LogP contribution in [-0.4, -0.2) is 51.2 Å². The van der Waals surface area contributed by atoms with E-state index in [0.717, 1.165) is 22.0 Å². The maximum Gasteiger partial charge on any atom is 0.222 e. The fourth-order valence-electron chi connectivity index (χ4n) is 4.13. The Balaban J connectivity index is 1.41. The van der Waals surface area contributed by atoms with Crippen LogP contribution in [0.25, 0.3) is 22.2 Å². The predicted molar refractivity (Wildman–Crippen MR) is 128 cm³/mol. The van der Waals surface area contributed by atoms with Crippen molar-refractivity contribution >= 4 is 34.3 Å². The highest BCUT2D eigenvalue weighted by Gasteiger charge is 2.32. The van der Waals surface area contributed by atoms with Crippen LogP contribution >= 0.6 is 0 Å². The number of aromatic amines is 1. The molecule has 0 bridgehead atoms. The summed E-state index contributed by atoms with van der Waals surface area (Å²) in [7, 11) is 0. The lowest BCUT2D eigenvalue weighted by molar-refractivity contribution is -0.131. The molecule has 9 nitrogen and oxygen atoms in total. The van der Waals surface area contributed by atoms with Crippen molar-refractivity contribution in [1.82, 2.24) is 20.2 Å². The summed E-state index contributed by atoms with van der Waals surface area (Å²) < 4.78 is 5.88. The molecule has 1 aliphatic rings. The second-order valence-corrected chi connectivity index (χ2v) is 8.29. The van der Waals surface area contributed by atoms with Crippen LogP contribution in [0.1, 0.15) is 12.5 Å². The molecule has 1 aliphatic heterocycles. The summed E-state index contributed by atoms with van der Waals surface area (Å²) >= 11 is 0. The first kappa shape index (κ1) is 20.9. The van der Waals surface area contributed by atoms with Gasteiger partial charge in [0.15, 0.2) is 11.6 Å². The van der Waals surface area contributed by atoms with E-state index in [0.29, 0.717) is 36.9 Å². The van der Waals surface area contributed by atoms with Crippen LogP contribution in [0, 0.1) is 0 Å². The molecule has 0 unspecified atom stereocenters. The Morgan fingerprint density at radius 1 is 1.15 bits per heavy atom. The van der Waals surface area contributed by atoms with Crippen LogP contribution in [0.5, 0.6) is 0 Å². The number of Topliss-reactive ketones (excluding diaryl/α,β-unsaturated/α-hetero) is 1. The van der Waals surface area contributed by atoms with Gasteiger partial charge in [0, 0.05) is 23.4 Å². The molecule has 0 radical (unpaired) electrons. The van der Waals surface area contributed by atoms with Crippen molar-refractivity contribution in [3.05, 3.63) is 60.2 Å². The lowest BCUT2D eigenvalue weighted by Gasteiger charge is -2.38. The second-order valence-electron chi connectivity index (χ2n) is 8.29. The van der Waals surface area contributed by atoms with Crippen LogP contribution in [0.4, 0.5) is 17.6 Å². The molecule has 2 aromatic heterocycles. The van der Waals surface area contributed by atoms with E-state index in [1.54, 1.807) is 0 Å². The number of nitrogens with one attached hydrogen (secondary N) is 1. The van der Waals surface area contributed by atoms with Crippen molar-refractivity contribution in [3.8, 4) is 11.3 Å². The SMILES string of the molecule is C[C@@H]1CO[C@H](C(=O)Cc2ccccc2)CN1c1cc(-c2ccc3c(N)n[nH]c3c2)nc(N)n1. The lowest BCUT2D eigenvalue weighted by atomic mass is 10.0. The number of carbonyl (C=O) groups is 1. The van der Waals surface area contributed by atoms with Crippen molar-refractivity contribution in [1.29, 1.82) is 0 Å². The van der Waals surface area contributed by atoms with E-state index in [4.69, 9.17) is 16.2 Å². The first-order valence-corrected chi connectivity index (χ1v) is 10.8. The maximum absolute atomic E-state index is 12.9. The largest absolute Gasteiger partial charge is 0.382 e. The van der Waals surface area contributed by atoms with Gasteiger partial charge in [-0.3, -0.25) is 9.89 Å². The normalized spacial score (nSPS) is 18.5. The van der Waals surface area contributed by atoms with Crippen molar-refractivity contribution < 1.29 is 9.53 Å². The number of nitrogens with zero attached hydrogens (tertiary/aromatic N) is 4. The number of anilines is 3. The molecule has 0 spiro atoms. The summed E-state index contributed by atoms with van der Waals surface area (Å²) in [5, 5.41) is 7.82. The molecule has 1 fully saturated rings. The molecule has 2 aromatic carbocycles. The molecule has 168 valence electrons. The summed E-state index contributed by atoms with van der Waals surface area (Å²) in [5.74, 6) is 1.32. The Morgan fingerprint density at radius 2 is 1.97 bits per heavy atom. The molecule has 5 rings (SSSR count). The molecule has 0 amide bonds. The van der Waals surface area contributed by atoms with E-state index in [1.165, 1.54) is 0 Å². The molecule has 5 N–H and O–H groups in total. The fraction of sp³-hybridized carbons (Fsp3) is 0.250. The molecule has 9 heteroatoms. The van der Waals surface area contributed by atoms with Gasteiger partial charge in [0.1, 0.15) is 11.9 Å². The molecule has 4 aromatic rings. The van der Waals surface area contributed by atoms with E-state index in [2.05, 4.69) is 25.1 Å². The third kappa shape index (κ3) is 4.22. The summed E-state index contributed by atoms with van der Waals surface area (Å²) in [5.41, 5.74) is 15.3. The number of aromatic nitrogens is 4. The smallest absolute Gasteiger partial charge is 0.222 e. The van der Waals surface area contributed by atoms with Crippen molar-refractivity contribution in [2.75, 3.05) is 29.5 Å². The average Bonchev–Trinajstić information content (AvgIpc) is 3.19. The van der Waals surface area contributed by atoms with Gasteiger partial charge in [-0.25, -0.2) is 4.98 Å². The number of H-pyrrole nitrogens is 1. The number of carbonyl (C=O) groups excluding carboxylic acids is 1. The van der Waals surface area contributed by atoms with Gasteiger partial charge < -0.3 is 21.1 Å². The van der Waals surface area contributed by atoms with E-state index in [1.807, 2.05) is 61.5 Å². The molecule has 0 saturated carbocycles. The number of morpholine rings is 1. The number of hydrogen-bond donors (Lipinski definition) is 3. The van der Waals surface area contributed by atoms with Crippen molar-refractivity contribution in [2.45, 2.75) is 25.5 Å².